The first-order valence-electron chi connectivity index (χ1n) is 12.9. The number of aromatic nitrogens is 2. The zero-order valence-corrected chi connectivity index (χ0v) is 22.6. The molecule has 1 aliphatic rings. The average molecular weight is 509 g/mol. The van der Waals surface area contributed by atoms with Gasteiger partial charge in [0.05, 0.1) is 18.4 Å². The van der Waals surface area contributed by atoms with Gasteiger partial charge in [-0.2, -0.15) is 0 Å². The largest absolute Gasteiger partial charge is 0.496 e. The Morgan fingerprint density at radius 3 is 2.61 bits per heavy atom. The number of hydrogen-bond donors (Lipinski definition) is 1. The zero-order valence-electron chi connectivity index (χ0n) is 21.8. The van der Waals surface area contributed by atoms with Crippen LogP contribution < -0.4 is 10.5 Å². The summed E-state index contributed by atoms with van der Waals surface area (Å²) in [5.74, 6) is 0.999. The number of rotatable bonds is 9. The van der Waals surface area contributed by atoms with Gasteiger partial charge < -0.3 is 15.0 Å². The monoisotopic (exact) mass is 508 g/mol. The number of ether oxygens (including phenoxy) is 1. The van der Waals surface area contributed by atoms with E-state index in [4.69, 9.17) is 27.1 Å². The summed E-state index contributed by atoms with van der Waals surface area (Å²) in [4.78, 5) is 19.2. The molecule has 6 nitrogen and oxygen atoms in total. The number of methoxy groups -OCH3 is 1. The Labute approximate surface area is 219 Å². The Hall–Kier alpha value is -2.83. The number of likely N-dealkylation sites (tertiary alicyclic amines) is 1. The summed E-state index contributed by atoms with van der Waals surface area (Å²) in [6, 6.07) is 12.3. The van der Waals surface area contributed by atoms with Gasteiger partial charge in [0.25, 0.3) is 5.91 Å². The molecule has 1 fully saturated rings. The van der Waals surface area contributed by atoms with Gasteiger partial charge in [0.15, 0.2) is 5.15 Å². The third-order valence-corrected chi connectivity index (χ3v) is 7.61. The Balaban J connectivity index is 1.72. The number of hydrogen-bond acceptors (Lipinski definition) is 4. The van der Waals surface area contributed by atoms with Crippen LogP contribution in [-0.2, 0) is 13.1 Å². The van der Waals surface area contributed by atoms with Crippen molar-refractivity contribution in [1.82, 2.24) is 14.5 Å². The van der Waals surface area contributed by atoms with E-state index in [1.54, 1.807) is 13.2 Å². The Morgan fingerprint density at radius 1 is 1.19 bits per heavy atom. The molecular weight excluding hydrogens is 472 g/mol. The first-order chi connectivity index (χ1) is 17.3. The minimum Gasteiger partial charge on any atom is -0.496 e. The quantitative estimate of drug-likeness (QED) is 0.360. The second kappa shape index (κ2) is 11.5. The molecule has 1 unspecified atom stereocenters. The smallest absolute Gasteiger partial charge is 0.252 e. The first-order valence-corrected chi connectivity index (χ1v) is 13.3. The minimum absolute atomic E-state index is 0.198. The lowest BCUT2D eigenvalue weighted by molar-refractivity contribution is 0.0997. The molecule has 1 aromatic heterocycles. The molecule has 2 heterocycles. The zero-order chi connectivity index (χ0) is 25.8. The summed E-state index contributed by atoms with van der Waals surface area (Å²) in [7, 11) is 1.57. The maximum Gasteiger partial charge on any atom is 0.252 e. The van der Waals surface area contributed by atoms with Crippen LogP contribution in [0.2, 0.25) is 5.15 Å². The van der Waals surface area contributed by atoms with Crippen LogP contribution in [0.25, 0.3) is 11.4 Å². The highest BCUT2D eigenvalue weighted by Crippen LogP contribution is 2.37. The van der Waals surface area contributed by atoms with Crippen molar-refractivity contribution in [2.75, 3.05) is 13.7 Å². The fraction of sp³-hybridized carbons (Fsp3) is 0.448. The third kappa shape index (κ3) is 5.30. The number of nitrogens with two attached hydrogens (primary N) is 1. The molecule has 1 aliphatic heterocycles. The molecule has 2 N–H and O–H groups in total. The highest BCUT2D eigenvalue weighted by atomic mass is 35.5. The number of unbranched alkanes of at least 4 members (excludes halogenated alkanes) is 1. The second-order valence-electron chi connectivity index (χ2n) is 9.75. The van der Waals surface area contributed by atoms with Crippen molar-refractivity contribution >= 4 is 17.5 Å². The summed E-state index contributed by atoms with van der Waals surface area (Å²) in [6.07, 6.45) is 5.48. The lowest BCUT2D eigenvalue weighted by Crippen LogP contribution is -2.34. The summed E-state index contributed by atoms with van der Waals surface area (Å²) >= 11 is 6.87. The predicted molar refractivity (Wildman–Crippen MR) is 146 cm³/mol. The van der Waals surface area contributed by atoms with Gasteiger partial charge in [0.1, 0.15) is 11.6 Å². The highest BCUT2D eigenvalue weighted by molar-refractivity contribution is 6.30. The van der Waals surface area contributed by atoms with E-state index >= 15 is 0 Å². The maximum absolute atomic E-state index is 11.8. The molecule has 4 rings (SSSR count). The van der Waals surface area contributed by atoms with Crippen molar-refractivity contribution in [2.45, 2.75) is 72.0 Å². The van der Waals surface area contributed by atoms with E-state index < -0.39 is 5.91 Å². The van der Waals surface area contributed by atoms with Crippen LogP contribution in [-0.4, -0.2) is 34.0 Å². The molecule has 0 bridgehead atoms. The SMILES string of the molecule is CCCCn1c(-c2c(C)cccc2C)nc(Cl)c1CN1CCCCC1c1ccc(C(N)=O)c(OC)c1. The summed E-state index contributed by atoms with van der Waals surface area (Å²) in [5.41, 5.74) is 11.7. The number of carbonyl (C=O) groups excluding carboxylic acids is 1. The number of carbonyl (C=O) groups is 1. The standard InChI is InChI=1S/C29H37ClN4O2/c1-5-6-16-34-24(27(30)32-29(34)26-19(2)10-9-11-20(26)3)18-33-15-8-7-12-23(33)21-13-14-22(28(31)35)25(17-21)36-4/h9-11,13-14,17,23H,5-8,12,15-16,18H2,1-4H3,(H2,31,35). The number of nitrogens with zero attached hydrogens (tertiary/aromatic N) is 3. The van der Waals surface area contributed by atoms with Crippen molar-refractivity contribution in [3.63, 3.8) is 0 Å². The Bertz CT molecular complexity index is 1220. The van der Waals surface area contributed by atoms with Crippen LogP contribution in [0.1, 0.15) is 77.8 Å². The topological polar surface area (TPSA) is 73.4 Å². The number of benzene rings is 2. The molecule has 0 aliphatic carbocycles. The molecule has 2 aromatic carbocycles. The van der Waals surface area contributed by atoms with Gasteiger partial charge in [-0.25, -0.2) is 4.98 Å². The van der Waals surface area contributed by atoms with Crippen molar-refractivity contribution < 1.29 is 9.53 Å². The van der Waals surface area contributed by atoms with E-state index in [0.29, 0.717) is 23.0 Å². The summed E-state index contributed by atoms with van der Waals surface area (Å²) in [5, 5.41) is 0.578. The van der Waals surface area contributed by atoms with E-state index in [1.165, 1.54) is 16.7 Å². The van der Waals surface area contributed by atoms with Gasteiger partial charge in [0, 0.05) is 24.7 Å². The minimum atomic E-state index is -0.482. The first kappa shape index (κ1) is 26.2. The lowest BCUT2D eigenvalue weighted by Gasteiger charge is -2.36. The van der Waals surface area contributed by atoms with Gasteiger partial charge in [-0.1, -0.05) is 55.6 Å². The van der Waals surface area contributed by atoms with Crippen LogP contribution in [0, 0.1) is 13.8 Å². The van der Waals surface area contributed by atoms with Crippen molar-refractivity contribution in [3.8, 4) is 17.1 Å². The molecule has 0 spiro atoms. The average Bonchev–Trinajstić information content (AvgIpc) is 3.16. The van der Waals surface area contributed by atoms with E-state index in [1.807, 2.05) is 12.1 Å². The second-order valence-corrected chi connectivity index (χ2v) is 10.1. The number of piperidine rings is 1. The van der Waals surface area contributed by atoms with Crippen LogP contribution >= 0.6 is 11.6 Å². The molecule has 3 aromatic rings. The molecule has 36 heavy (non-hydrogen) atoms. The molecule has 1 atom stereocenters. The predicted octanol–water partition coefficient (Wildman–Crippen LogP) is 6.46. The fourth-order valence-corrected chi connectivity index (χ4v) is 5.63. The van der Waals surface area contributed by atoms with Gasteiger partial charge in [-0.15, -0.1) is 0 Å². The van der Waals surface area contributed by atoms with E-state index in [9.17, 15) is 4.79 Å². The molecular formula is C29H37ClN4O2. The Morgan fingerprint density at radius 2 is 1.94 bits per heavy atom. The molecule has 1 amide bonds. The van der Waals surface area contributed by atoms with Crippen LogP contribution in [0.5, 0.6) is 5.75 Å². The van der Waals surface area contributed by atoms with E-state index in [-0.39, 0.29) is 6.04 Å². The number of halogens is 1. The van der Waals surface area contributed by atoms with Crippen molar-refractivity contribution in [1.29, 1.82) is 0 Å². The van der Waals surface area contributed by atoms with Crippen LogP contribution in [0.4, 0.5) is 0 Å². The number of amides is 1. The van der Waals surface area contributed by atoms with Gasteiger partial charge in [0.2, 0.25) is 0 Å². The molecule has 1 saturated heterocycles. The Kier molecular flexibility index (Phi) is 8.37. The molecule has 7 heteroatoms. The van der Waals surface area contributed by atoms with Gasteiger partial charge in [-0.05, 0) is 68.5 Å². The van der Waals surface area contributed by atoms with Crippen molar-refractivity contribution in [2.24, 2.45) is 5.73 Å². The van der Waals surface area contributed by atoms with Crippen molar-refractivity contribution in [3.05, 3.63) is 69.5 Å². The molecule has 0 saturated carbocycles. The van der Waals surface area contributed by atoms with E-state index in [2.05, 4.69) is 48.4 Å². The molecule has 192 valence electrons. The highest BCUT2D eigenvalue weighted by Gasteiger charge is 2.28. The van der Waals surface area contributed by atoms with Gasteiger partial charge in [-0.3, -0.25) is 9.69 Å². The van der Waals surface area contributed by atoms with Gasteiger partial charge >= 0.3 is 0 Å². The summed E-state index contributed by atoms with van der Waals surface area (Å²) in [6.45, 7) is 9.05. The molecule has 0 radical (unpaired) electrons. The number of primary amides is 1. The van der Waals surface area contributed by atoms with Crippen LogP contribution in [0.3, 0.4) is 0 Å². The third-order valence-electron chi connectivity index (χ3n) is 7.31. The normalized spacial score (nSPS) is 16.3. The lowest BCUT2D eigenvalue weighted by atomic mass is 9.94. The van der Waals surface area contributed by atoms with E-state index in [0.717, 1.165) is 62.3 Å². The fourth-order valence-electron chi connectivity index (χ4n) is 5.39. The van der Waals surface area contributed by atoms with Crippen LogP contribution in [0.15, 0.2) is 36.4 Å². The number of aryl methyl sites for hydroxylation is 2. The summed E-state index contributed by atoms with van der Waals surface area (Å²) < 4.78 is 7.83. The maximum atomic E-state index is 11.8. The number of imidazole rings is 1.